The zero-order chi connectivity index (χ0) is 8.32. The van der Waals surface area contributed by atoms with Crippen LogP contribution in [0.5, 0.6) is 5.75 Å². The maximum Gasteiger partial charge on any atom is 2.00 e. The van der Waals surface area contributed by atoms with Crippen LogP contribution in [0.4, 0.5) is 0 Å². The minimum Gasteiger partial charge on any atom is -1.00 e. The Kier molecular flexibility index (Phi) is 19.8. The number of para-hydroxylation sites is 1. The first-order valence-corrected chi connectivity index (χ1v) is 4.31. The average Bonchev–Trinajstić information content (AvgIpc) is 1.85. The molecule has 0 aromatic heterocycles. The molecule has 4 nitrogen and oxygen atoms in total. The van der Waals surface area contributed by atoms with Crippen molar-refractivity contribution in [2.24, 2.45) is 0 Å². The third kappa shape index (κ3) is 13.2. The van der Waals surface area contributed by atoms with Crippen LogP contribution in [0.15, 0.2) is 30.3 Å². The monoisotopic (exact) mass is 290 g/mol. The van der Waals surface area contributed by atoms with Crippen LogP contribution in [0, 0.1) is 0 Å². The largest absolute Gasteiger partial charge is 2.00 e. The minimum atomic E-state index is -4.89. The first kappa shape index (κ1) is 25.2. The summed E-state index contributed by atoms with van der Waals surface area (Å²) in [6, 6.07) is 7.62. The Hall–Kier alpha value is 1.28. The zero-order valence-corrected chi connectivity index (χ0v) is 12.9. The second-order valence-corrected chi connectivity index (χ2v) is 2.93. The van der Waals surface area contributed by atoms with Gasteiger partial charge in [0.15, 0.2) is 0 Å². The van der Waals surface area contributed by atoms with Gasteiger partial charge in [0.25, 0.3) is 0 Å². The van der Waals surface area contributed by atoms with E-state index in [0.717, 1.165) is 0 Å². The summed E-state index contributed by atoms with van der Waals surface area (Å²) in [6.45, 7) is 0. The van der Waals surface area contributed by atoms with E-state index in [1.807, 2.05) is 0 Å². The molecule has 1 rings (SSSR count). The molecule has 15 heavy (non-hydrogen) atoms. The number of hydrogen-bond acceptors (Lipinski definition) is 4. The Morgan fingerprint density at radius 3 is 1.73 bits per heavy atom. The van der Waals surface area contributed by atoms with E-state index in [1.165, 1.54) is 12.1 Å². The molecule has 0 amide bonds. The molecule has 0 atom stereocenters. The second-order valence-electron chi connectivity index (χ2n) is 1.85. The molecule has 0 fully saturated rings. The van der Waals surface area contributed by atoms with E-state index in [-0.39, 0.29) is 76.7 Å². The van der Waals surface area contributed by atoms with Crippen molar-refractivity contribution in [1.82, 2.24) is 0 Å². The Morgan fingerprint density at radius 1 is 1.00 bits per heavy atom. The molecule has 0 N–H and O–H groups in total. The molecule has 9 heteroatoms. The second kappa shape index (κ2) is 11.8. The molecular formula is C6H5Cl2Mg2O4P. The van der Waals surface area contributed by atoms with Gasteiger partial charge in [-0.3, -0.25) is 0 Å². The molecule has 0 unspecified atom stereocenters. The molecule has 1 aromatic carbocycles. The molecular weight excluding hydrogens is 287 g/mol. The molecule has 0 spiro atoms. The van der Waals surface area contributed by atoms with Gasteiger partial charge in [-0.25, -0.2) is 0 Å². The van der Waals surface area contributed by atoms with Crippen LogP contribution in [0.2, 0.25) is 0 Å². The average molecular weight is 292 g/mol. The van der Waals surface area contributed by atoms with Gasteiger partial charge in [0, 0.05) is 0 Å². The normalized spacial score (nSPS) is 8.13. The van der Waals surface area contributed by atoms with Gasteiger partial charge in [-0.2, -0.15) is 0 Å². The van der Waals surface area contributed by atoms with Crippen molar-refractivity contribution in [3.8, 4) is 5.75 Å². The molecule has 0 aliphatic carbocycles. The Morgan fingerprint density at radius 2 is 1.40 bits per heavy atom. The Bertz CT molecular complexity index is 282. The number of rotatable bonds is 2. The van der Waals surface area contributed by atoms with Gasteiger partial charge in [-0.15, -0.1) is 0 Å². The maximum absolute atomic E-state index is 10.1. The van der Waals surface area contributed by atoms with Crippen LogP contribution in [0.25, 0.3) is 0 Å². The first-order chi connectivity index (χ1) is 5.08. The molecule has 0 aliphatic heterocycles. The van der Waals surface area contributed by atoms with Crippen molar-refractivity contribution >= 4 is 53.9 Å². The van der Waals surface area contributed by atoms with E-state index in [0.29, 0.717) is 0 Å². The summed E-state index contributed by atoms with van der Waals surface area (Å²) in [5.74, 6) is 0.0424. The number of halogens is 2. The van der Waals surface area contributed by atoms with Gasteiger partial charge < -0.3 is 43.7 Å². The van der Waals surface area contributed by atoms with E-state index >= 15 is 0 Å². The van der Waals surface area contributed by atoms with Gasteiger partial charge >= 0.3 is 46.1 Å². The predicted molar refractivity (Wildman–Crippen MR) is 46.2 cm³/mol. The SMILES string of the molecule is O=P([O-])([O-])Oc1ccccc1.[Cl-].[Cl-].[Mg+2].[Mg+2]. The summed E-state index contributed by atoms with van der Waals surface area (Å²) in [6.07, 6.45) is 0. The van der Waals surface area contributed by atoms with Crippen LogP contribution in [0.3, 0.4) is 0 Å². The standard InChI is InChI=1S/C6H7O4P.2ClH.2Mg/c7-11(8,9)10-6-4-2-1-3-5-6;;;;/h1-5H,(H2,7,8,9);2*1H;;/q;;;2*+2/p-4. The van der Waals surface area contributed by atoms with Crippen LogP contribution in [-0.4, -0.2) is 46.1 Å². The van der Waals surface area contributed by atoms with E-state index in [9.17, 15) is 14.4 Å². The number of benzene rings is 1. The van der Waals surface area contributed by atoms with Crippen LogP contribution < -0.4 is 39.1 Å². The fraction of sp³-hybridized carbons (Fsp3) is 0. The fourth-order valence-electron chi connectivity index (χ4n) is 0.610. The van der Waals surface area contributed by atoms with Crippen molar-refractivity contribution in [1.29, 1.82) is 0 Å². The van der Waals surface area contributed by atoms with E-state index < -0.39 is 7.82 Å². The summed E-state index contributed by atoms with van der Waals surface area (Å²) in [5, 5.41) is 0. The maximum atomic E-state index is 10.1. The van der Waals surface area contributed by atoms with Crippen molar-refractivity contribution in [2.45, 2.75) is 0 Å². The molecule has 0 heterocycles. The van der Waals surface area contributed by atoms with Crippen molar-refractivity contribution in [3.63, 3.8) is 0 Å². The number of phosphoric acid groups is 1. The number of phosphoric ester groups is 1. The summed E-state index contributed by atoms with van der Waals surface area (Å²) in [5.41, 5.74) is 0. The van der Waals surface area contributed by atoms with Gasteiger partial charge in [-0.1, -0.05) is 18.2 Å². The third-order valence-electron chi connectivity index (χ3n) is 0.960. The summed E-state index contributed by atoms with van der Waals surface area (Å²) >= 11 is 0. The van der Waals surface area contributed by atoms with Crippen molar-refractivity contribution < 1.29 is 43.7 Å². The van der Waals surface area contributed by atoms with Crippen molar-refractivity contribution in [3.05, 3.63) is 30.3 Å². The zero-order valence-electron chi connectivity index (χ0n) is 7.64. The summed E-state index contributed by atoms with van der Waals surface area (Å²) in [7, 11) is -4.89. The molecule has 1 aromatic rings. The molecule has 0 saturated heterocycles. The fourth-order valence-corrected chi connectivity index (χ4v) is 0.990. The predicted octanol–water partition coefficient (Wildman–Crippen LogP) is -6.86. The van der Waals surface area contributed by atoms with Crippen LogP contribution in [0.1, 0.15) is 0 Å². The molecule has 76 valence electrons. The van der Waals surface area contributed by atoms with Crippen LogP contribution in [-0.2, 0) is 4.57 Å². The molecule has 0 bridgehead atoms. The molecule has 0 radical (unpaired) electrons. The third-order valence-corrected chi connectivity index (χ3v) is 1.39. The Labute approximate surface area is 133 Å². The quantitative estimate of drug-likeness (QED) is 0.401. The van der Waals surface area contributed by atoms with Crippen LogP contribution >= 0.6 is 7.82 Å². The minimum absolute atomic E-state index is 0. The summed E-state index contributed by atoms with van der Waals surface area (Å²) in [4.78, 5) is 20.1. The van der Waals surface area contributed by atoms with Gasteiger partial charge in [0.05, 0.1) is 0 Å². The summed E-state index contributed by atoms with van der Waals surface area (Å²) < 4.78 is 14.1. The van der Waals surface area contributed by atoms with Gasteiger partial charge in [0.2, 0.25) is 0 Å². The van der Waals surface area contributed by atoms with Gasteiger partial charge in [-0.05, 0) is 12.1 Å². The number of hydrogen-bond donors (Lipinski definition) is 0. The van der Waals surface area contributed by atoms with Crippen molar-refractivity contribution in [2.75, 3.05) is 0 Å². The molecule has 0 saturated carbocycles. The van der Waals surface area contributed by atoms with E-state index in [4.69, 9.17) is 0 Å². The Balaban J connectivity index is -0.000000151. The first-order valence-electron chi connectivity index (χ1n) is 2.85. The van der Waals surface area contributed by atoms with E-state index in [2.05, 4.69) is 4.52 Å². The molecule has 0 aliphatic rings. The topological polar surface area (TPSA) is 72.4 Å². The smallest absolute Gasteiger partial charge is 1.00 e. The van der Waals surface area contributed by atoms with E-state index in [1.54, 1.807) is 18.2 Å². The van der Waals surface area contributed by atoms with Gasteiger partial charge in [0.1, 0.15) is 13.6 Å².